The summed E-state index contributed by atoms with van der Waals surface area (Å²) in [4.78, 5) is -2.35. The van der Waals surface area contributed by atoms with Crippen molar-refractivity contribution >= 4 is 86.0 Å². The first-order chi connectivity index (χ1) is 26.2. The minimum absolute atomic E-state index is 0.0247. The Bertz CT molecular complexity index is 3030. The van der Waals surface area contributed by atoms with Crippen LogP contribution in [0.4, 0.5) is 34.1 Å². The smallest absolute Gasteiger partial charge is 0.296 e. The van der Waals surface area contributed by atoms with Crippen LogP contribution in [0.15, 0.2) is 114 Å². The minimum atomic E-state index is -5.10. The van der Waals surface area contributed by atoms with Crippen LogP contribution in [0.1, 0.15) is 0 Å². The molecule has 0 aromatic heterocycles. The number of anilines is 2. The largest absolute Gasteiger partial charge is 0.505 e. The second-order valence-electron chi connectivity index (χ2n) is 11.8. The van der Waals surface area contributed by atoms with Gasteiger partial charge in [0.1, 0.15) is 44.0 Å². The molecule has 6 rings (SSSR count). The number of azo groups is 2. The predicted octanol–water partition coefficient (Wildman–Crippen LogP) is 6.82. The topological polar surface area (TPSA) is 324 Å². The number of methoxy groups -OCH3 is 2. The third-order valence-electron chi connectivity index (χ3n) is 8.29. The van der Waals surface area contributed by atoms with E-state index in [1.165, 1.54) is 50.6 Å². The van der Waals surface area contributed by atoms with Gasteiger partial charge in [0.15, 0.2) is 11.5 Å². The van der Waals surface area contributed by atoms with Gasteiger partial charge in [-0.15, -0.1) is 20.5 Å². The molecule has 0 aliphatic heterocycles. The molecule has 0 saturated carbocycles. The number of nitrogen functional groups attached to an aromatic ring is 2. The number of aromatic hydroxyl groups is 2. The molecular weight excluding hydrogens is 797 g/mol. The highest BCUT2D eigenvalue weighted by molar-refractivity contribution is 7.86. The molecule has 6 aromatic carbocycles. The van der Waals surface area contributed by atoms with E-state index in [0.29, 0.717) is 16.8 Å². The van der Waals surface area contributed by atoms with Crippen molar-refractivity contribution in [2.24, 2.45) is 20.5 Å². The van der Waals surface area contributed by atoms with E-state index in [0.717, 1.165) is 24.3 Å². The molecule has 0 radical (unpaired) electrons. The Hall–Kier alpha value is -6.43. The number of phenolic OH excluding ortho intramolecular Hbond substituents is 2. The summed E-state index contributed by atoms with van der Waals surface area (Å²) < 4.78 is 113. The molecule has 0 spiro atoms. The zero-order chi connectivity index (χ0) is 40.9. The number of ether oxygens (including phenoxy) is 2. The maximum atomic E-state index is 12.3. The summed E-state index contributed by atoms with van der Waals surface area (Å²) in [5.74, 6) is -1.18. The van der Waals surface area contributed by atoms with Crippen molar-refractivity contribution in [2.45, 2.75) is 14.7 Å². The molecule has 290 valence electrons. The van der Waals surface area contributed by atoms with Gasteiger partial charge in [-0.3, -0.25) is 13.7 Å². The van der Waals surface area contributed by atoms with Crippen LogP contribution in [-0.4, -0.2) is 63.3 Å². The van der Waals surface area contributed by atoms with Crippen molar-refractivity contribution in [3.8, 4) is 34.1 Å². The fourth-order valence-corrected chi connectivity index (χ4v) is 7.55. The highest BCUT2D eigenvalue weighted by Gasteiger charge is 2.26. The van der Waals surface area contributed by atoms with Crippen molar-refractivity contribution in [2.75, 3.05) is 25.7 Å². The lowest BCUT2D eigenvalue weighted by Gasteiger charge is -2.12. The number of hydrogen-bond acceptors (Lipinski definition) is 16. The van der Waals surface area contributed by atoms with Gasteiger partial charge in [-0.25, -0.2) is 0 Å². The van der Waals surface area contributed by atoms with Crippen LogP contribution < -0.4 is 20.9 Å². The number of rotatable bonds is 10. The van der Waals surface area contributed by atoms with Gasteiger partial charge in [-0.05, 0) is 88.6 Å². The molecule has 0 bridgehead atoms. The van der Waals surface area contributed by atoms with Crippen molar-refractivity contribution in [1.82, 2.24) is 0 Å². The molecule has 0 fully saturated rings. The van der Waals surface area contributed by atoms with E-state index in [2.05, 4.69) is 20.5 Å². The van der Waals surface area contributed by atoms with Gasteiger partial charge >= 0.3 is 0 Å². The lowest BCUT2D eigenvalue weighted by Crippen LogP contribution is -2.02. The highest BCUT2D eigenvalue weighted by atomic mass is 32.2. The van der Waals surface area contributed by atoms with Gasteiger partial charge in [0.25, 0.3) is 30.4 Å². The molecule has 0 atom stereocenters. The Morgan fingerprint density at radius 1 is 0.554 bits per heavy atom. The van der Waals surface area contributed by atoms with E-state index < -0.39 is 67.9 Å². The summed E-state index contributed by atoms with van der Waals surface area (Å²) in [6.45, 7) is 0. The quantitative estimate of drug-likeness (QED) is 0.0423. The molecule has 0 amide bonds. The number of hydrogen-bond donors (Lipinski definition) is 7. The molecule has 6 aromatic rings. The van der Waals surface area contributed by atoms with E-state index in [-0.39, 0.29) is 50.1 Å². The zero-order valence-corrected chi connectivity index (χ0v) is 31.1. The van der Waals surface area contributed by atoms with Crippen LogP contribution in [0.3, 0.4) is 0 Å². The molecule has 0 aliphatic rings. The molecule has 0 saturated heterocycles. The van der Waals surface area contributed by atoms with E-state index in [1.807, 2.05) is 0 Å². The monoisotopic (exact) mass is 824 g/mol. The van der Waals surface area contributed by atoms with Gasteiger partial charge in [0.2, 0.25) is 0 Å². The van der Waals surface area contributed by atoms with Crippen LogP contribution in [0.25, 0.3) is 32.7 Å². The normalized spacial score (nSPS) is 12.6. The zero-order valence-electron chi connectivity index (χ0n) is 28.7. The molecule has 22 heteroatoms. The standard InChI is InChI=1S/C34H28N6O13S3/c1-52-26-11-16(3-7-24(26)37-39-31-28(55(46,47)48)13-18-9-20(35)5-6-22(18)33(31)41)17-4-8-25(27(12-17)53-2)38-40-32-29(56(49,50)51)14-19-10-21(54(43,44)45)15-23(36)30(19)34(32)42/h3-15,41-42H,35-36H2,1-2H3,(H,43,44,45)(H,46,47,48)(H,49,50,51). The van der Waals surface area contributed by atoms with Gasteiger partial charge in [0, 0.05) is 22.1 Å². The first-order valence-electron chi connectivity index (χ1n) is 15.5. The highest BCUT2D eigenvalue weighted by Crippen LogP contribution is 2.46. The fourth-order valence-electron chi connectivity index (χ4n) is 5.68. The van der Waals surface area contributed by atoms with E-state index in [1.54, 1.807) is 18.2 Å². The van der Waals surface area contributed by atoms with E-state index in [9.17, 15) is 49.1 Å². The summed E-state index contributed by atoms with van der Waals surface area (Å²) >= 11 is 0. The third-order valence-corrected chi connectivity index (χ3v) is 10.9. The summed E-state index contributed by atoms with van der Waals surface area (Å²) in [7, 11) is -12.1. The van der Waals surface area contributed by atoms with E-state index in [4.69, 9.17) is 20.9 Å². The minimum Gasteiger partial charge on any atom is -0.505 e. The van der Waals surface area contributed by atoms with Gasteiger partial charge in [0.05, 0.1) is 19.1 Å². The maximum Gasteiger partial charge on any atom is 0.296 e. The number of phenols is 2. The van der Waals surface area contributed by atoms with Gasteiger partial charge in [-0.2, -0.15) is 25.3 Å². The maximum absolute atomic E-state index is 12.3. The van der Waals surface area contributed by atoms with Crippen LogP contribution >= 0.6 is 0 Å². The Labute approximate surface area is 317 Å². The molecular formula is C34H28N6O13S3. The average Bonchev–Trinajstić information content (AvgIpc) is 3.12. The van der Waals surface area contributed by atoms with Crippen LogP contribution in [0, 0.1) is 0 Å². The first-order valence-corrected chi connectivity index (χ1v) is 19.8. The van der Waals surface area contributed by atoms with Gasteiger partial charge in [-0.1, -0.05) is 12.1 Å². The molecule has 0 unspecified atom stereocenters. The summed E-state index contributed by atoms with van der Waals surface area (Å²) in [5.41, 5.74) is 11.6. The lowest BCUT2D eigenvalue weighted by atomic mass is 10.0. The summed E-state index contributed by atoms with van der Waals surface area (Å²) in [6, 6.07) is 17.1. The van der Waals surface area contributed by atoms with Crippen molar-refractivity contribution in [1.29, 1.82) is 0 Å². The number of nitrogens with zero attached hydrogens (tertiary/aromatic N) is 4. The number of fused-ring (bicyclic) bond motifs is 2. The second-order valence-corrected chi connectivity index (χ2v) is 16.0. The predicted molar refractivity (Wildman–Crippen MR) is 203 cm³/mol. The van der Waals surface area contributed by atoms with Crippen molar-refractivity contribution < 1.29 is 58.6 Å². The first kappa shape index (κ1) is 39.3. The third kappa shape index (κ3) is 7.59. The molecule has 56 heavy (non-hydrogen) atoms. The Morgan fingerprint density at radius 2 is 1.05 bits per heavy atom. The molecule has 0 aliphatic carbocycles. The number of benzene rings is 6. The fraction of sp³-hybridized carbons (Fsp3) is 0.0588. The SMILES string of the molecule is COc1cc(-c2ccc(N=Nc3c(S(=O)(=O)O)cc4cc(S(=O)(=O)O)cc(N)c4c3O)c(OC)c2)ccc1N=Nc1c(S(=O)(=O)O)cc2cc(N)ccc2c1O. The van der Waals surface area contributed by atoms with Crippen LogP contribution in [0.5, 0.6) is 23.0 Å². The average molecular weight is 825 g/mol. The number of nitrogens with two attached hydrogens (primary N) is 2. The molecule has 9 N–H and O–H groups in total. The molecule has 19 nitrogen and oxygen atoms in total. The second kappa shape index (κ2) is 14.3. The summed E-state index contributed by atoms with van der Waals surface area (Å²) in [5, 5.41) is 37.8. The van der Waals surface area contributed by atoms with Crippen LogP contribution in [0.2, 0.25) is 0 Å². The van der Waals surface area contributed by atoms with Crippen molar-refractivity contribution in [3.05, 3.63) is 78.9 Å². The Morgan fingerprint density at radius 3 is 1.54 bits per heavy atom. The van der Waals surface area contributed by atoms with Crippen LogP contribution in [-0.2, 0) is 30.4 Å². The Kier molecular flexibility index (Phi) is 10.1. The van der Waals surface area contributed by atoms with Crippen molar-refractivity contribution in [3.63, 3.8) is 0 Å². The Balaban J connectivity index is 1.37. The molecule has 0 heterocycles. The van der Waals surface area contributed by atoms with Gasteiger partial charge < -0.3 is 31.2 Å². The summed E-state index contributed by atoms with van der Waals surface area (Å²) in [6.07, 6.45) is 0. The van der Waals surface area contributed by atoms with E-state index >= 15 is 0 Å². The lowest BCUT2D eigenvalue weighted by molar-refractivity contribution is 0.415.